The minimum Gasteiger partial charge on any atom is -0.388 e. The Morgan fingerprint density at radius 1 is 1.41 bits per heavy atom. The molecule has 1 heterocycles. The Bertz CT molecular complexity index is 369. The third-order valence-corrected chi connectivity index (χ3v) is 3.03. The lowest BCUT2D eigenvalue weighted by molar-refractivity contribution is 0.0696. The summed E-state index contributed by atoms with van der Waals surface area (Å²) in [5.41, 5.74) is -0.706. The van der Waals surface area contributed by atoms with Gasteiger partial charge in [0, 0.05) is 19.0 Å². The highest BCUT2D eigenvalue weighted by atomic mass is 79.9. The highest BCUT2D eigenvalue weighted by Gasteiger charge is 2.17. The molecule has 0 aromatic carbocycles. The van der Waals surface area contributed by atoms with E-state index in [2.05, 4.69) is 38.1 Å². The lowest BCUT2D eigenvalue weighted by Gasteiger charge is -2.22. The van der Waals surface area contributed by atoms with Crippen molar-refractivity contribution >= 4 is 21.7 Å². The van der Waals surface area contributed by atoms with Crippen LogP contribution in [0.5, 0.6) is 0 Å². The van der Waals surface area contributed by atoms with Crippen LogP contribution in [-0.2, 0) is 6.42 Å². The molecule has 0 aliphatic heterocycles. The highest BCUT2D eigenvalue weighted by Crippen LogP contribution is 2.15. The van der Waals surface area contributed by atoms with E-state index < -0.39 is 5.60 Å². The van der Waals surface area contributed by atoms with Gasteiger partial charge in [-0.15, -0.1) is 0 Å². The van der Waals surface area contributed by atoms with Crippen LogP contribution in [0.1, 0.15) is 39.4 Å². The van der Waals surface area contributed by atoms with Crippen LogP contribution >= 0.6 is 15.9 Å². The van der Waals surface area contributed by atoms with Crippen LogP contribution < -0.4 is 5.32 Å². The molecule has 0 radical (unpaired) electrons. The number of nitrogens with one attached hydrogen (secondary N) is 1. The third kappa shape index (κ3) is 5.00. The first-order valence-electron chi connectivity index (χ1n) is 5.96. The molecular formula is C12H20BrN3O. The second-order valence-corrected chi connectivity index (χ2v) is 5.26. The van der Waals surface area contributed by atoms with Gasteiger partial charge in [-0.25, -0.2) is 9.97 Å². The van der Waals surface area contributed by atoms with E-state index in [1.165, 1.54) is 0 Å². The van der Waals surface area contributed by atoms with E-state index in [4.69, 9.17) is 0 Å². The van der Waals surface area contributed by atoms with Crippen LogP contribution in [0.2, 0.25) is 0 Å². The Morgan fingerprint density at radius 2 is 2.12 bits per heavy atom. The van der Waals surface area contributed by atoms with Crippen molar-refractivity contribution in [1.82, 2.24) is 9.97 Å². The summed E-state index contributed by atoms with van der Waals surface area (Å²) in [5, 5.41) is 13.1. The monoisotopic (exact) mass is 301 g/mol. The van der Waals surface area contributed by atoms with E-state index in [0.717, 1.165) is 29.1 Å². The SMILES string of the molecule is CCCc1nc(Br)cc(NCC(C)(O)CC)n1. The number of rotatable bonds is 6. The van der Waals surface area contributed by atoms with Crippen molar-refractivity contribution in [2.45, 2.75) is 45.6 Å². The van der Waals surface area contributed by atoms with Crippen molar-refractivity contribution in [2.24, 2.45) is 0 Å². The van der Waals surface area contributed by atoms with Gasteiger partial charge in [-0.3, -0.25) is 0 Å². The molecule has 1 aromatic rings. The predicted octanol–water partition coefficient (Wildman–Crippen LogP) is 2.76. The van der Waals surface area contributed by atoms with E-state index in [0.29, 0.717) is 13.0 Å². The second kappa shape index (κ2) is 6.31. The molecule has 0 fully saturated rings. The normalized spacial score (nSPS) is 14.4. The fourth-order valence-corrected chi connectivity index (χ4v) is 1.72. The standard InChI is InChI=1S/C12H20BrN3O/c1-4-6-10-15-9(13)7-11(16-10)14-8-12(3,17)5-2/h7,17H,4-6,8H2,1-3H3,(H,14,15,16). The number of aliphatic hydroxyl groups is 1. The number of aryl methyl sites for hydroxylation is 1. The molecule has 0 aliphatic carbocycles. The quantitative estimate of drug-likeness (QED) is 0.793. The number of hydrogen-bond donors (Lipinski definition) is 2. The van der Waals surface area contributed by atoms with Gasteiger partial charge in [0.25, 0.3) is 0 Å². The first-order valence-corrected chi connectivity index (χ1v) is 6.76. The third-order valence-electron chi connectivity index (χ3n) is 2.63. The summed E-state index contributed by atoms with van der Waals surface area (Å²) < 4.78 is 0.773. The Balaban J connectivity index is 2.70. The molecule has 96 valence electrons. The average Bonchev–Trinajstić information content (AvgIpc) is 2.26. The molecule has 1 rings (SSSR count). The second-order valence-electron chi connectivity index (χ2n) is 4.45. The van der Waals surface area contributed by atoms with Gasteiger partial charge >= 0.3 is 0 Å². The van der Waals surface area contributed by atoms with Crippen LogP contribution in [0, 0.1) is 0 Å². The molecule has 0 bridgehead atoms. The fourth-order valence-electron chi connectivity index (χ4n) is 1.30. The minimum atomic E-state index is -0.706. The topological polar surface area (TPSA) is 58.0 Å². The van der Waals surface area contributed by atoms with Gasteiger partial charge in [-0.05, 0) is 35.7 Å². The molecule has 2 N–H and O–H groups in total. The molecule has 0 saturated heterocycles. The van der Waals surface area contributed by atoms with Crippen molar-refractivity contribution in [3.8, 4) is 0 Å². The summed E-state index contributed by atoms with van der Waals surface area (Å²) in [5.74, 6) is 1.57. The smallest absolute Gasteiger partial charge is 0.132 e. The van der Waals surface area contributed by atoms with Gasteiger partial charge in [-0.1, -0.05) is 13.8 Å². The molecule has 4 nitrogen and oxygen atoms in total. The van der Waals surface area contributed by atoms with E-state index in [1.54, 1.807) is 0 Å². The van der Waals surface area contributed by atoms with Gasteiger partial charge in [0.15, 0.2) is 0 Å². The summed E-state index contributed by atoms with van der Waals surface area (Å²) in [6.45, 7) is 6.35. The van der Waals surface area contributed by atoms with Crippen molar-refractivity contribution in [3.05, 3.63) is 16.5 Å². The van der Waals surface area contributed by atoms with Gasteiger partial charge in [-0.2, -0.15) is 0 Å². The zero-order valence-electron chi connectivity index (χ0n) is 10.6. The molecule has 1 atom stereocenters. The van der Waals surface area contributed by atoms with Crippen LogP contribution in [0.4, 0.5) is 5.82 Å². The van der Waals surface area contributed by atoms with Crippen LogP contribution in [0.25, 0.3) is 0 Å². The summed E-state index contributed by atoms with van der Waals surface area (Å²) in [7, 11) is 0. The number of nitrogens with zero attached hydrogens (tertiary/aromatic N) is 2. The molecule has 5 heteroatoms. The Kier molecular flexibility index (Phi) is 5.33. The maximum Gasteiger partial charge on any atom is 0.132 e. The Labute approximate surface area is 111 Å². The summed E-state index contributed by atoms with van der Waals surface area (Å²) in [6, 6.07) is 1.82. The van der Waals surface area contributed by atoms with Crippen molar-refractivity contribution in [3.63, 3.8) is 0 Å². The van der Waals surface area contributed by atoms with Crippen molar-refractivity contribution < 1.29 is 5.11 Å². The van der Waals surface area contributed by atoms with Gasteiger partial charge in [0.05, 0.1) is 5.60 Å². The number of aromatic nitrogens is 2. The van der Waals surface area contributed by atoms with Gasteiger partial charge in [0.1, 0.15) is 16.2 Å². The molecule has 1 aromatic heterocycles. The van der Waals surface area contributed by atoms with Gasteiger partial charge < -0.3 is 10.4 Å². The zero-order chi connectivity index (χ0) is 12.9. The lowest BCUT2D eigenvalue weighted by Crippen LogP contribution is -2.32. The lowest BCUT2D eigenvalue weighted by atomic mass is 10.0. The maximum absolute atomic E-state index is 9.91. The molecule has 0 saturated carbocycles. The van der Waals surface area contributed by atoms with Crippen LogP contribution in [0.3, 0.4) is 0 Å². The number of hydrogen-bond acceptors (Lipinski definition) is 4. The van der Waals surface area contributed by atoms with Crippen molar-refractivity contribution in [2.75, 3.05) is 11.9 Å². The van der Waals surface area contributed by atoms with E-state index in [1.807, 2.05) is 19.9 Å². The molecule has 0 amide bonds. The van der Waals surface area contributed by atoms with Crippen LogP contribution in [-0.4, -0.2) is 27.2 Å². The minimum absolute atomic E-state index is 0.485. The fraction of sp³-hybridized carbons (Fsp3) is 0.667. The Hall–Kier alpha value is -0.680. The maximum atomic E-state index is 9.91. The van der Waals surface area contributed by atoms with Gasteiger partial charge in [0.2, 0.25) is 0 Å². The van der Waals surface area contributed by atoms with E-state index in [9.17, 15) is 5.11 Å². The largest absolute Gasteiger partial charge is 0.388 e. The molecule has 0 spiro atoms. The molecule has 17 heavy (non-hydrogen) atoms. The zero-order valence-corrected chi connectivity index (χ0v) is 12.2. The van der Waals surface area contributed by atoms with E-state index >= 15 is 0 Å². The first kappa shape index (κ1) is 14.4. The van der Waals surface area contributed by atoms with Crippen LogP contribution in [0.15, 0.2) is 10.7 Å². The Morgan fingerprint density at radius 3 is 2.71 bits per heavy atom. The number of halogens is 1. The predicted molar refractivity (Wildman–Crippen MR) is 73.1 cm³/mol. The molecule has 0 aliphatic rings. The number of anilines is 1. The molecular weight excluding hydrogens is 282 g/mol. The highest BCUT2D eigenvalue weighted by molar-refractivity contribution is 9.10. The summed E-state index contributed by atoms with van der Waals surface area (Å²) in [4.78, 5) is 8.69. The first-order chi connectivity index (χ1) is 7.96. The van der Waals surface area contributed by atoms with E-state index in [-0.39, 0.29) is 0 Å². The summed E-state index contributed by atoms with van der Waals surface area (Å²) >= 11 is 3.37. The average molecular weight is 302 g/mol. The summed E-state index contributed by atoms with van der Waals surface area (Å²) in [6.07, 6.45) is 2.58. The molecule has 1 unspecified atom stereocenters. The van der Waals surface area contributed by atoms with Crippen molar-refractivity contribution in [1.29, 1.82) is 0 Å².